The van der Waals surface area contributed by atoms with E-state index < -0.39 is 11.9 Å². The third kappa shape index (κ3) is 7.53. The number of amidine groups is 1. The number of esters is 1. The first-order chi connectivity index (χ1) is 18.4. The molecule has 0 saturated heterocycles. The number of nitrogens with zero attached hydrogens (tertiary/aromatic N) is 1. The van der Waals surface area contributed by atoms with Crippen LogP contribution in [0.5, 0.6) is 11.5 Å². The van der Waals surface area contributed by atoms with Crippen LogP contribution in [0.15, 0.2) is 65.8 Å². The number of carbonyl (C=O) groups is 2. The predicted molar refractivity (Wildman–Crippen MR) is 145 cm³/mol. The Balaban J connectivity index is 1.80. The van der Waals surface area contributed by atoms with E-state index in [1.165, 1.54) is 0 Å². The molecule has 0 saturated carbocycles. The molecule has 0 radical (unpaired) electrons. The Morgan fingerprint density at radius 3 is 2.47 bits per heavy atom. The van der Waals surface area contributed by atoms with Gasteiger partial charge in [-0.1, -0.05) is 28.9 Å². The summed E-state index contributed by atoms with van der Waals surface area (Å²) >= 11 is 6.19. The van der Waals surface area contributed by atoms with Gasteiger partial charge in [-0.15, -0.1) is 0 Å². The third-order valence-electron chi connectivity index (χ3n) is 5.24. The van der Waals surface area contributed by atoms with E-state index in [1.807, 2.05) is 19.1 Å². The number of nitrogens with two attached hydrogens (primary N) is 1. The van der Waals surface area contributed by atoms with Gasteiger partial charge < -0.3 is 35.8 Å². The molecule has 0 bridgehead atoms. The number of halogens is 1. The minimum Gasteiger partial charge on any atom is -0.490 e. The highest BCUT2D eigenvalue weighted by atomic mass is 35.5. The summed E-state index contributed by atoms with van der Waals surface area (Å²) in [6.07, 6.45) is 0. The van der Waals surface area contributed by atoms with Crippen LogP contribution < -0.4 is 25.8 Å². The van der Waals surface area contributed by atoms with Gasteiger partial charge in [-0.2, -0.15) is 0 Å². The molecule has 0 aliphatic rings. The lowest BCUT2D eigenvalue weighted by Gasteiger charge is -2.17. The van der Waals surface area contributed by atoms with E-state index in [-0.39, 0.29) is 25.6 Å². The van der Waals surface area contributed by atoms with E-state index in [0.717, 1.165) is 0 Å². The number of carbonyl (C=O) groups excluding carboxylic acids is 2. The van der Waals surface area contributed by atoms with E-state index in [0.29, 0.717) is 51.2 Å². The normalized spacial score (nSPS) is 11.0. The molecular formula is C27H29ClN4O6. The Kier molecular flexibility index (Phi) is 10.2. The van der Waals surface area contributed by atoms with E-state index in [4.69, 9.17) is 36.8 Å². The minimum atomic E-state index is -0.492. The number of nitrogens with one attached hydrogen (secondary N) is 2. The summed E-state index contributed by atoms with van der Waals surface area (Å²) in [5, 5.41) is 18.2. The van der Waals surface area contributed by atoms with Gasteiger partial charge in [-0.3, -0.25) is 4.79 Å². The number of para-hydroxylation sites is 1. The van der Waals surface area contributed by atoms with Crippen LogP contribution in [0.25, 0.3) is 0 Å². The number of hydrogen-bond donors (Lipinski definition) is 4. The molecule has 0 aliphatic heterocycles. The molecule has 0 aromatic heterocycles. The molecule has 3 rings (SSSR count). The van der Waals surface area contributed by atoms with Crippen molar-refractivity contribution in [3.8, 4) is 11.5 Å². The largest absolute Gasteiger partial charge is 0.490 e. The van der Waals surface area contributed by atoms with Gasteiger partial charge >= 0.3 is 5.97 Å². The first-order valence-electron chi connectivity index (χ1n) is 11.8. The third-order valence-corrected chi connectivity index (χ3v) is 5.48. The maximum Gasteiger partial charge on any atom is 0.344 e. The number of oxime groups is 1. The smallest absolute Gasteiger partial charge is 0.344 e. The van der Waals surface area contributed by atoms with Gasteiger partial charge in [0, 0.05) is 34.1 Å². The highest BCUT2D eigenvalue weighted by Gasteiger charge is 2.17. The molecular weight excluding hydrogens is 512 g/mol. The van der Waals surface area contributed by atoms with Crippen LogP contribution in [0, 0.1) is 0 Å². The van der Waals surface area contributed by atoms with Crippen molar-refractivity contribution in [1.29, 1.82) is 0 Å². The summed E-state index contributed by atoms with van der Waals surface area (Å²) < 4.78 is 16.4. The van der Waals surface area contributed by atoms with Gasteiger partial charge in [-0.25, -0.2) is 4.79 Å². The van der Waals surface area contributed by atoms with Crippen molar-refractivity contribution in [3.05, 3.63) is 82.4 Å². The van der Waals surface area contributed by atoms with Gasteiger partial charge in [0.15, 0.2) is 23.9 Å². The molecule has 3 aromatic carbocycles. The number of amides is 1. The zero-order chi connectivity index (χ0) is 27.5. The summed E-state index contributed by atoms with van der Waals surface area (Å²) in [6, 6.07) is 16.8. The van der Waals surface area contributed by atoms with Gasteiger partial charge in [0.1, 0.15) is 0 Å². The van der Waals surface area contributed by atoms with Crippen molar-refractivity contribution >= 4 is 40.7 Å². The maximum atomic E-state index is 13.1. The SMILES string of the molecule is CCOC(=O)COc1c(CNc2ccc(Cl)cc2C(=O)Nc2ccc(/C(N)=N/O)cc2)cccc1OCC. The van der Waals surface area contributed by atoms with Crippen LogP contribution in [0.1, 0.15) is 35.3 Å². The number of hydrogen-bond acceptors (Lipinski definition) is 8. The van der Waals surface area contributed by atoms with Crippen LogP contribution in [0.2, 0.25) is 5.02 Å². The van der Waals surface area contributed by atoms with Crippen LogP contribution in [0.3, 0.4) is 0 Å². The van der Waals surface area contributed by atoms with Crippen molar-refractivity contribution in [3.63, 3.8) is 0 Å². The Morgan fingerprint density at radius 2 is 1.79 bits per heavy atom. The van der Waals surface area contributed by atoms with Crippen molar-refractivity contribution in [2.24, 2.45) is 10.9 Å². The molecule has 0 spiro atoms. The molecule has 5 N–H and O–H groups in total. The topological polar surface area (TPSA) is 144 Å². The van der Waals surface area contributed by atoms with Crippen molar-refractivity contribution < 1.29 is 29.0 Å². The Hall–Kier alpha value is -4.44. The molecule has 0 unspecified atom stereocenters. The van der Waals surface area contributed by atoms with Crippen molar-refractivity contribution in [1.82, 2.24) is 0 Å². The number of rotatable bonds is 12. The summed E-state index contributed by atoms with van der Waals surface area (Å²) in [4.78, 5) is 25.0. The van der Waals surface area contributed by atoms with Crippen LogP contribution >= 0.6 is 11.6 Å². The van der Waals surface area contributed by atoms with E-state index in [2.05, 4.69) is 15.8 Å². The number of anilines is 2. The van der Waals surface area contributed by atoms with Gasteiger partial charge in [-0.05, 0) is 62.4 Å². The van der Waals surface area contributed by atoms with E-state index in [1.54, 1.807) is 55.5 Å². The first kappa shape index (κ1) is 28.1. The highest BCUT2D eigenvalue weighted by Crippen LogP contribution is 2.33. The molecule has 10 nitrogen and oxygen atoms in total. The lowest BCUT2D eigenvalue weighted by Crippen LogP contribution is -2.17. The molecule has 200 valence electrons. The second kappa shape index (κ2) is 13.8. The average Bonchev–Trinajstić information content (AvgIpc) is 2.92. The Labute approximate surface area is 225 Å². The summed E-state index contributed by atoms with van der Waals surface area (Å²) in [6.45, 7) is 4.22. The fourth-order valence-electron chi connectivity index (χ4n) is 3.50. The summed E-state index contributed by atoms with van der Waals surface area (Å²) in [5.74, 6) is -0.0357. The first-order valence-corrected chi connectivity index (χ1v) is 12.2. The quantitative estimate of drug-likeness (QED) is 0.0854. The minimum absolute atomic E-state index is 0.0387. The zero-order valence-corrected chi connectivity index (χ0v) is 21.7. The van der Waals surface area contributed by atoms with Crippen molar-refractivity contribution in [2.75, 3.05) is 30.5 Å². The molecule has 0 aliphatic carbocycles. The zero-order valence-electron chi connectivity index (χ0n) is 21.0. The predicted octanol–water partition coefficient (Wildman–Crippen LogP) is 4.64. The second-order valence-corrected chi connectivity index (χ2v) is 8.27. The molecule has 0 atom stereocenters. The lowest BCUT2D eigenvalue weighted by molar-refractivity contribution is -0.145. The van der Waals surface area contributed by atoms with Gasteiger partial charge in [0.2, 0.25) is 0 Å². The Bertz CT molecular complexity index is 1300. The average molecular weight is 541 g/mol. The maximum absolute atomic E-state index is 13.1. The Morgan fingerprint density at radius 1 is 1.03 bits per heavy atom. The molecule has 11 heteroatoms. The van der Waals surface area contributed by atoms with Crippen LogP contribution in [-0.2, 0) is 16.1 Å². The number of ether oxygens (including phenoxy) is 3. The van der Waals surface area contributed by atoms with E-state index in [9.17, 15) is 9.59 Å². The van der Waals surface area contributed by atoms with Gasteiger partial charge in [0.25, 0.3) is 5.91 Å². The lowest BCUT2D eigenvalue weighted by atomic mass is 10.1. The van der Waals surface area contributed by atoms with Crippen molar-refractivity contribution in [2.45, 2.75) is 20.4 Å². The molecule has 3 aromatic rings. The van der Waals surface area contributed by atoms with E-state index >= 15 is 0 Å². The fourth-order valence-corrected chi connectivity index (χ4v) is 3.67. The van der Waals surface area contributed by atoms with Crippen LogP contribution in [-0.4, -0.2) is 42.7 Å². The molecule has 0 heterocycles. The fraction of sp³-hybridized carbons (Fsp3) is 0.222. The highest BCUT2D eigenvalue weighted by molar-refractivity contribution is 6.31. The van der Waals surface area contributed by atoms with Crippen LogP contribution in [0.4, 0.5) is 11.4 Å². The van der Waals surface area contributed by atoms with Gasteiger partial charge in [0.05, 0.1) is 18.8 Å². The molecule has 0 fully saturated rings. The summed E-state index contributed by atoms with van der Waals surface area (Å²) in [5.41, 5.74) is 8.15. The molecule has 38 heavy (non-hydrogen) atoms. The monoisotopic (exact) mass is 540 g/mol. The molecule has 1 amide bonds. The number of benzene rings is 3. The second-order valence-electron chi connectivity index (χ2n) is 7.83. The standard InChI is InChI=1S/C27H29ClN4O6/c1-3-36-23-7-5-6-18(25(23)38-16-24(33)37-4-2)15-30-22-13-10-19(28)14-21(22)27(34)31-20-11-8-17(9-12-20)26(29)32-35/h5-14,30,35H,3-4,15-16H2,1-2H3,(H2,29,32)(H,31,34). The summed E-state index contributed by atoms with van der Waals surface area (Å²) in [7, 11) is 0.